The van der Waals surface area contributed by atoms with E-state index in [9.17, 15) is 0 Å². The van der Waals surface area contributed by atoms with Crippen LogP contribution in [0.4, 0.5) is 0 Å². The number of benzene rings is 3. The fraction of sp³-hybridized carbons (Fsp3) is 0.150. The van der Waals surface area contributed by atoms with Gasteiger partial charge < -0.3 is 14.7 Å². The monoisotopic (exact) mass is 355 g/mol. The predicted octanol–water partition coefficient (Wildman–Crippen LogP) is 5.07. The number of hydrogen-bond acceptors (Lipinski definition) is 4. The van der Waals surface area contributed by atoms with Crippen LogP contribution in [0.1, 0.15) is 11.1 Å². The Kier molecular flexibility index (Phi) is 5.41. The van der Waals surface area contributed by atoms with Crippen LogP contribution in [0.2, 0.25) is 5.02 Å². The Morgan fingerprint density at radius 2 is 1.84 bits per heavy atom. The van der Waals surface area contributed by atoms with Crippen molar-refractivity contribution in [2.24, 2.45) is 5.16 Å². The number of halogens is 1. The summed E-state index contributed by atoms with van der Waals surface area (Å²) in [5.41, 5.74) is 1.71. The van der Waals surface area contributed by atoms with Crippen LogP contribution in [-0.4, -0.2) is 24.6 Å². The second kappa shape index (κ2) is 7.90. The molecule has 0 aliphatic heterocycles. The molecule has 0 saturated heterocycles. The Bertz CT molecular complexity index is 909. The summed E-state index contributed by atoms with van der Waals surface area (Å²) in [6, 6.07) is 17.2. The van der Waals surface area contributed by atoms with Crippen molar-refractivity contribution >= 4 is 28.6 Å². The lowest BCUT2D eigenvalue weighted by Crippen LogP contribution is -2.10. The summed E-state index contributed by atoms with van der Waals surface area (Å²) < 4.78 is 11.5. The fourth-order valence-electron chi connectivity index (χ4n) is 2.61. The van der Waals surface area contributed by atoms with E-state index >= 15 is 0 Å². The third kappa shape index (κ3) is 4.03. The van der Waals surface area contributed by atoms with Crippen molar-refractivity contribution in [3.8, 4) is 11.5 Å². The molecule has 0 radical (unpaired) electrons. The van der Waals surface area contributed by atoms with E-state index in [0.717, 1.165) is 27.6 Å². The number of ether oxygens (including phenoxy) is 2. The number of rotatable bonds is 6. The highest BCUT2D eigenvalue weighted by molar-refractivity contribution is 6.31. The van der Waals surface area contributed by atoms with Gasteiger partial charge in [-0.15, -0.1) is 0 Å². The van der Waals surface area contributed by atoms with Gasteiger partial charge >= 0.3 is 0 Å². The number of oxime groups is 1. The van der Waals surface area contributed by atoms with E-state index in [1.165, 1.54) is 6.21 Å². The van der Waals surface area contributed by atoms with Gasteiger partial charge in [0.2, 0.25) is 0 Å². The third-order valence-electron chi connectivity index (χ3n) is 3.86. The summed E-state index contributed by atoms with van der Waals surface area (Å²) in [4.78, 5) is 0. The SMILES string of the molecule is Cc1cc(OCCOc2ccc3ccccc3c2C=NO)ccc1Cl. The minimum Gasteiger partial charge on any atom is -0.490 e. The standard InChI is InChI=1S/C20H18ClNO3/c1-14-12-16(7-8-19(14)21)24-10-11-25-20-9-6-15-4-2-3-5-17(15)18(20)13-22-23/h2-9,12-13,23H,10-11H2,1H3. The van der Waals surface area contributed by atoms with E-state index < -0.39 is 0 Å². The van der Waals surface area contributed by atoms with Gasteiger partial charge in [-0.1, -0.05) is 47.1 Å². The zero-order valence-corrected chi connectivity index (χ0v) is 14.5. The van der Waals surface area contributed by atoms with Crippen LogP contribution in [0.15, 0.2) is 59.8 Å². The van der Waals surface area contributed by atoms with Crippen molar-refractivity contribution < 1.29 is 14.7 Å². The van der Waals surface area contributed by atoms with Gasteiger partial charge in [0, 0.05) is 10.6 Å². The van der Waals surface area contributed by atoms with Crippen LogP contribution in [0, 0.1) is 6.92 Å². The van der Waals surface area contributed by atoms with E-state index in [1.54, 1.807) is 0 Å². The zero-order valence-electron chi connectivity index (χ0n) is 13.8. The first-order chi connectivity index (χ1) is 12.2. The molecule has 4 nitrogen and oxygen atoms in total. The Morgan fingerprint density at radius 3 is 2.64 bits per heavy atom. The number of nitrogens with zero attached hydrogens (tertiary/aromatic N) is 1. The van der Waals surface area contributed by atoms with Gasteiger partial charge in [0.1, 0.15) is 24.7 Å². The molecule has 0 spiro atoms. The topological polar surface area (TPSA) is 51.0 Å². The van der Waals surface area contributed by atoms with E-state index in [0.29, 0.717) is 24.0 Å². The molecular weight excluding hydrogens is 338 g/mol. The molecule has 0 aromatic heterocycles. The number of aryl methyl sites for hydroxylation is 1. The van der Waals surface area contributed by atoms with Gasteiger partial charge in [-0.3, -0.25) is 0 Å². The smallest absolute Gasteiger partial charge is 0.129 e. The van der Waals surface area contributed by atoms with E-state index in [1.807, 2.05) is 61.5 Å². The summed E-state index contributed by atoms with van der Waals surface area (Å²) in [6.45, 7) is 2.69. The molecule has 3 rings (SSSR count). The zero-order chi connectivity index (χ0) is 17.6. The maximum absolute atomic E-state index is 8.95. The van der Waals surface area contributed by atoms with Crippen LogP contribution in [-0.2, 0) is 0 Å². The maximum Gasteiger partial charge on any atom is 0.129 e. The molecule has 0 unspecified atom stereocenters. The molecule has 0 bridgehead atoms. The summed E-state index contributed by atoms with van der Waals surface area (Å²) in [5, 5.41) is 14.8. The Labute approximate surface area is 151 Å². The summed E-state index contributed by atoms with van der Waals surface area (Å²) >= 11 is 6.00. The molecule has 5 heteroatoms. The van der Waals surface area contributed by atoms with Gasteiger partial charge in [0.25, 0.3) is 0 Å². The Morgan fingerprint density at radius 1 is 1.04 bits per heavy atom. The highest BCUT2D eigenvalue weighted by atomic mass is 35.5. The summed E-state index contributed by atoms with van der Waals surface area (Å²) in [7, 11) is 0. The van der Waals surface area contributed by atoms with Crippen molar-refractivity contribution in [3.63, 3.8) is 0 Å². The molecule has 0 aliphatic carbocycles. The van der Waals surface area contributed by atoms with E-state index in [2.05, 4.69) is 5.16 Å². The first-order valence-corrected chi connectivity index (χ1v) is 8.28. The highest BCUT2D eigenvalue weighted by Crippen LogP contribution is 2.27. The summed E-state index contributed by atoms with van der Waals surface area (Å²) in [6.07, 6.45) is 1.39. The van der Waals surface area contributed by atoms with Gasteiger partial charge in [-0.2, -0.15) is 0 Å². The Balaban J connectivity index is 1.68. The van der Waals surface area contributed by atoms with Crippen LogP contribution >= 0.6 is 11.6 Å². The van der Waals surface area contributed by atoms with Crippen LogP contribution in [0.5, 0.6) is 11.5 Å². The molecule has 1 N–H and O–H groups in total. The van der Waals surface area contributed by atoms with Crippen molar-refractivity contribution in [3.05, 3.63) is 70.7 Å². The lowest BCUT2D eigenvalue weighted by Gasteiger charge is -2.12. The average Bonchev–Trinajstić information content (AvgIpc) is 2.63. The molecule has 0 amide bonds. The molecule has 3 aromatic rings. The van der Waals surface area contributed by atoms with Crippen LogP contribution in [0.3, 0.4) is 0 Å². The first-order valence-electron chi connectivity index (χ1n) is 7.90. The normalized spacial score (nSPS) is 11.1. The molecule has 0 fully saturated rings. The van der Waals surface area contributed by atoms with E-state index in [4.69, 9.17) is 26.3 Å². The van der Waals surface area contributed by atoms with Gasteiger partial charge in [0.15, 0.2) is 0 Å². The minimum atomic E-state index is 0.367. The second-order valence-corrected chi connectivity index (χ2v) is 5.96. The number of fused-ring (bicyclic) bond motifs is 1. The minimum absolute atomic E-state index is 0.367. The van der Waals surface area contributed by atoms with Gasteiger partial charge in [-0.05, 0) is 47.5 Å². The lowest BCUT2D eigenvalue weighted by molar-refractivity contribution is 0.217. The van der Waals surface area contributed by atoms with Crippen molar-refractivity contribution in [2.75, 3.05) is 13.2 Å². The highest BCUT2D eigenvalue weighted by Gasteiger charge is 2.07. The molecule has 0 aliphatic rings. The van der Waals surface area contributed by atoms with Crippen molar-refractivity contribution in [2.45, 2.75) is 6.92 Å². The predicted molar refractivity (Wildman–Crippen MR) is 101 cm³/mol. The maximum atomic E-state index is 8.95. The van der Waals surface area contributed by atoms with Gasteiger partial charge in [-0.25, -0.2) is 0 Å². The second-order valence-electron chi connectivity index (χ2n) is 5.55. The first kappa shape index (κ1) is 17.1. The molecule has 0 saturated carbocycles. The summed E-state index contributed by atoms with van der Waals surface area (Å²) in [5.74, 6) is 1.40. The average molecular weight is 356 g/mol. The van der Waals surface area contributed by atoms with Gasteiger partial charge in [0.05, 0.1) is 6.21 Å². The van der Waals surface area contributed by atoms with Crippen LogP contribution < -0.4 is 9.47 Å². The van der Waals surface area contributed by atoms with E-state index in [-0.39, 0.29) is 0 Å². The van der Waals surface area contributed by atoms with Crippen molar-refractivity contribution in [1.82, 2.24) is 0 Å². The third-order valence-corrected chi connectivity index (χ3v) is 4.28. The fourth-order valence-corrected chi connectivity index (χ4v) is 2.73. The quantitative estimate of drug-likeness (QED) is 0.291. The van der Waals surface area contributed by atoms with Crippen molar-refractivity contribution in [1.29, 1.82) is 0 Å². The molecule has 25 heavy (non-hydrogen) atoms. The Hall–Kier alpha value is -2.72. The molecule has 0 heterocycles. The number of hydrogen-bond donors (Lipinski definition) is 1. The molecule has 128 valence electrons. The molecule has 0 atom stereocenters. The molecular formula is C20H18ClNO3. The largest absolute Gasteiger partial charge is 0.490 e. The molecule has 3 aromatic carbocycles. The van der Waals surface area contributed by atoms with Crippen LogP contribution in [0.25, 0.3) is 10.8 Å². The lowest BCUT2D eigenvalue weighted by atomic mass is 10.0.